The second-order valence-electron chi connectivity index (χ2n) is 5.62. The molecule has 1 heterocycles. The minimum Gasteiger partial charge on any atom is -0.326 e. The smallest absolute Gasteiger partial charge is 0.319 e. The van der Waals surface area contributed by atoms with Gasteiger partial charge >= 0.3 is 6.03 Å². The molecule has 3 heteroatoms. The zero-order chi connectivity index (χ0) is 14.8. The largest absolute Gasteiger partial charge is 0.326 e. The van der Waals surface area contributed by atoms with Crippen LogP contribution < -0.4 is 0 Å². The maximum Gasteiger partial charge on any atom is 0.319 e. The Labute approximate surface area is 125 Å². The van der Waals surface area contributed by atoms with Gasteiger partial charge in [-0.15, -0.1) is 0 Å². The zero-order valence-corrected chi connectivity index (χ0v) is 12.5. The van der Waals surface area contributed by atoms with Crippen LogP contribution in [0.1, 0.15) is 11.1 Å². The molecule has 2 amide bonds. The summed E-state index contributed by atoms with van der Waals surface area (Å²) in [6.45, 7) is 1.74. The molecule has 1 aliphatic carbocycles. The molecule has 2 aliphatic rings. The molecular weight excluding hydrogens is 260 g/mol. The quantitative estimate of drug-likeness (QED) is 0.620. The van der Waals surface area contributed by atoms with Crippen LogP contribution in [0.15, 0.2) is 48.5 Å². The van der Waals surface area contributed by atoms with Gasteiger partial charge in [0.25, 0.3) is 0 Å². The van der Waals surface area contributed by atoms with E-state index in [0.29, 0.717) is 0 Å². The summed E-state index contributed by atoms with van der Waals surface area (Å²) in [5, 5.41) is 0. The van der Waals surface area contributed by atoms with Gasteiger partial charge in [-0.1, -0.05) is 48.5 Å². The molecule has 4 rings (SSSR count). The fourth-order valence-corrected chi connectivity index (χ4v) is 2.86. The van der Waals surface area contributed by atoms with Crippen molar-refractivity contribution in [2.45, 2.75) is 6.42 Å². The molecule has 0 saturated carbocycles. The lowest BCUT2D eigenvalue weighted by Crippen LogP contribution is -2.25. The number of urea groups is 1. The van der Waals surface area contributed by atoms with Crippen molar-refractivity contribution in [2.75, 3.05) is 27.2 Å². The normalized spacial score (nSPS) is 15.4. The maximum absolute atomic E-state index is 10.8. The molecule has 0 spiro atoms. The Morgan fingerprint density at radius 1 is 0.762 bits per heavy atom. The molecule has 0 unspecified atom stereocenters. The summed E-state index contributed by atoms with van der Waals surface area (Å²) in [4.78, 5) is 14.2. The highest BCUT2D eigenvalue weighted by molar-refractivity contribution is 5.76. The van der Waals surface area contributed by atoms with E-state index in [-0.39, 0.29) is 6.03 Å². The van der Waals surface area contributed by atoms with Gasteiger partial charge in [-0.2, -0.15) is 0 Å². The van der Waals surface area contributed by atoms with Gasteiger partial charge in [0.1, 0.15) is 0 Å². The van der Waals surface area contributed by atoms with E-state index < -0.39 is 0 Å². The van der Waals surface area contributed by atoms with E-state index in [1.165, 1.54) is 22.3 Å². The Balaban J connectivity index is 0.000000143. The van der Waals surface area contributed by atoms with Gasteiger partial charge in [-0.3, -0.25) is 0 Å². The molecule has 0 radical (unpaired) electrons. The number of carbonyl (C=O) groups is 1. The molecule has 3 nitrogen and oxygen atoms in total. The molecule has 2 aromatic carbocycles. The number of fused-ring (bicyclic) bond motifs is 3. The Kier molecular flexibility index (Phi) is 3.65. The first-order chi connectivity index (χ1) is 10.2. The minimum atomic E-state index is 0.130. The highest BCUT2D eigenvalue weighted by Gasteiger charge is 2.20. The predicted molar refractivity (Wildman–Crippen MR) is 85.3 cm³/mol. The fraction of sp³-hybridized carbons (Fsp3) is 0.278. The van der Waals surface area contributed by atoms with Gasteiger partial charge < -0.3 is 9.80 Å². The van der Waals surface area contributed by atoms with E-state index in [9.17, 15) is 4.79 Å². The van der Waals surface area contributed by atoms with Crippen LogP contribution in [-0.2, 0) is 6.42 Å². The number of benzene rings is 2. The van der Waals surface area contributed by atoms with Crippen LogP contribution in [0, 0.1) is 0 Å². The number of rotatable bonds is 0. The number of amides is 2. The molecule has 0 N–H and O–H groups in total. The average molecular weight is 280 g/mol. The van der Waals surface area contributed by atoms with Crippen molar-refractivity contribution in [1.82, 2.24) is 9.80 Å². The molecule has 21 heavy (non-hydrogen) atoms. The van der Waals surface area contributed by atoms with E-state index in [4.69, 9.17) is 0 Å². The monoisotopic (exact) mass is 280 g/mol. The summed E-state index contributed by atoms with van der Waals surface area (Å²) < 4.78 is 0. The van der Waals surface area contributed by atoms with E-state index in [0.717, 1.165) is 19.5 Å². The van der Waals surface area contributed by atoms with Crippen molar-refractivity contribution in [2.24, 2.45) is 0 Å². The van der Waals surface area contributed by atoms with E-state index >= 15 is 0 Å². The second kappa shape index (κ2) is 5.60. The molecule has 1 saturated heterocycles. The van der Waals surface area contributed by atoms with Gasteiger partial charge in [0.05, 0.1) is 0 Å². The Morgan fingerprint density at radius 3 is 1.57 bits per heavy atom. The number of nitrogens with zero attached hydrogens (tertiary/aromatic N) is 2. The summed E-state index contributed by atoms with van der Waals surface area (Å²) in [7, 11) is 3.62. The topological polar surface area (TPSA) is 23.6 Å². The number of carbonyl (C=O) groups excluding carboxylic acids is 1. The van der Waals surface area contributed by atoms with Crippen LogP contribution >= 0.6 is 0 Å². The Hall–Kier alpha value is -2.29. The molecular formula is C18H20N2O. The zero-order valence-electron chi connectivity index (χ0n) is 12.5. The third-order valence-corrected chi connectivity index (χ3v) is 4.13. The van der Waals surface area contributed by atoms with Gasteiger partial charge in [-0.25, -0.2) is 4.79 Å². The minimum absolute atomic E-state index is 0.130. The van der Waals surface area contributed by atoms with Crippen molar-refractivity contribution < 1.29 is 4.79 Å². The summed E-state index contributed by atoms with van der Waals surface area (Å²) >= 11 is 0. The first-order valence-electron chi connectivity index (χ1n) is 7.29. The lowest BCUT2D eigenvalue weighted by Gasteiger charge is -2.07. The molecule has 2 aromatic rings. The Morgan fingerprint density at radius 2 is 1.19 bits per heavy atom. The van der Waals surface area contributed by atoms with E-state index in [1.54, 1.807) is 9.80 Å². The molecule has 1 fully saturated rings. The first-order valence-corrected chi connectivity index (χ1v) is 7.29. The van der Waals surface area contributed by atoms with E-state index in [2.05, 4.69) is 48.5 Å². The highest BCUT2D eigenvalue weighted by atomic mass is 16.2. The van der Waals surface area contributed by atoms with Gasteiger partial charge in [0, 0.05) is 27.2 Å². The van der Waals surface area contributed by atoms with Gasteiger partial charge in [0.2, 0.25) is 0 Å². The number of hydrogen-bond acceptors (Lipinski definition) is 1. The predicted octanol–water partition coefficient (Wildman–Crippen LogP) is 3.24. The summed E-state index contributed by atoms with van der Waals surface area (Å²) in [5.41, 5.74) is 5.75. The number of likely N-dealkylation sites (N-methyl/N-ethyl adjacent to an activating group) is 2. The molecule has 0 bridgehead atoms. The van der Waals surface area contributed by atoms with Crippen LogP contribution in [0.5, 0.6) is 0 Å². The van der Waals surface area contributed by atoms with Crippen molar-refractivity contribution >= 4 is 6.03 Å². The standard InChI is InChI=1S/C13H10.C5H10N2O/c1-3-7-12-10(5-1)9-11-6-2-4-8-13(11)12;1-6-3-4-7(2)5(6)8/h1-8H,9H2;3-4H2,1-2H3. The van der Waals surface area contributed by atoms with Crippen molar-refractivity contribution in [3.63, 3.8) is 0 Å². The molecule has 0 aromatic heterocycles. The summed E-state index contributed by atoms with van der Waals surface area (Å²) in [6.07, 6.45) is 1.10. The van der Waals surface area contributed by atoms with E-state index in [1.807, 2.05) is 14.1 Å². The molecule has 1 aliphatic heterocycles. The van der Waals surface area contributed by atoms with Crippen LogP contribution in [0.3, 0.4) is 0 Å². The third kappa shape index (κ3) is 2.64. The lowest BCUT2D eigenvalue weighted by atomic mass is 10.1. The first kappa shape index (κ1) is 13.7. The van der Waals surface area contributed by atoms with Crippen molar-refractivity contribution in [3.8, 4) is 11.1 Å². The van der Waals surface area contributed by atoms with Crippen LogP contribution in [0.4, 0.5) is 4.79 Å². The average Bonchev–Trinajstić information content (AvgIpc) is 3.03. The van der Waals surface area contributed by atoms with Crippen molar-refractivity contribution in [3.05, 3.63) is 59.7 Å². The molecule has 0 atom stereocenters. The van der Waals surface area contributed by atoms with Crippen LogP contribution in [0.25, 0.3) is 11.1 Å². The fourth-order valence-electron chi connectivity index (χ4n) is 2.86. The number of hydrogen-bond donors (Lipinski definition) is 0. The van der Waals surface area contributed by atoms with Crippen LogP contribution in [-0.4, -0.2) is 43.0 Å². The lowest BCUT2D eigenvalue weighted by molar-refractivity contribution is 0.205. The summed E-state index contributed by atoms with van der Waals surface area (Å²) in [5.74, 6) is 0. The maximum atomic E-state index is 10.8. The Bertz CT molecular complexity index is 610. The third-order valence-electron chi connectivity index (χ3n) is 4.13. The molecule has 108 valence electrons. The van der Waals surface area contributed by atoms with Gasteiger partial charge in [0.15, 0.2) is 0 Å². The highest BCUT2D eigenvalue weighted by Crippen LogP contribution is 2.35. The SMILES string of the molecule is CN1CCN(C)C1=O.c1ccc2c(c1)Cc1ccccc1-2. The van der Waals surface area contributed by atoms with Crippen LogP contribution in [0.2, 0.25) is 0 Å². The second-order valence-corrected chi connectivity index (χ2v) is 5.62. The van der Waals surface area contributed by atoms with Gasteiger partial charge in [-0.05, 0) is 28.7 Å². The van der Waals surface area contributed by atoms with Crippen molar-refractivity contribution in [1.29, 1.82) is 0 Å². The summed E-state index contributed by atoms with van der Waals surface area (Å²) in [6, 6.07) is 17.4.